The van der Waals surface area contributed by atoms with Gasteiger partial charge in [-0.15, -0.1) is 0 Å². The number of hydrogen-bond donors (Lipinski definition) is 1. The standard InChI is InChI=1S/C19H16N2O2/c1-12-21-17-15(18(22)13-7-3-2-4-8-13)11-20-16-10-6-5-9-14(16)19(17)23-12/h2-10,15,20H,11H2,1H3. The summed E-state index contributed by atoms with van der Waals surface area (Å²) in [4.78, 5) is 17.5. The first kappa shape index (κ1) is 13.8. The van der Waals surface area contributed by atoms with Gasteiger partial charge in [0.1, 0.15) is 5.69 Å². The highest BCUT2D eigenvalue weighted by Crippen LogP contribution is 2.38. The third-order valence-electron chi connectivity index (χ3n) is 4.13. The monoisotopic (exact) mass is 304 g/mol. The maximum absolute atomic E-state index is 13.0. The first-order valence-electron chi connectivity index (χ1n) is 7.64. The number of oxazole rings is 1. The van der Waals surface area contributed by atoms with E-state index in [4.69, 9.17) is 4.42 Å². The molecule has 4 nitrogen and oxygen atoms in total. The molecule has 0 saturated carbocycles. The number of benzene rings is 2. The van der Waals surface area contributed by atoms with Gasteiger partial charge in [-0.2, -0.15) is 0 Å². The van der Waals surface area contributed by atoms with Crippen molar-refractivity contribution in [3.63, 3.8) is 0 Å². The number of Topliss-reactive ketones (excluding diaryl/α,β-unsaturated/α-hetero) is 1. The van der Waals surface area contributed by atoms with Crippen LogP contribution in [0.3, 0.4) is 0 Å². The Labute approximate surface area is 134 Å². The van der Waals surface area contributed by atoms with Crippen LogP contribution in [-0.2, 0) is 0 Å². The Morgan fingerprint density at radius 2 is 1.87 bits per heavy atom. The highest BCUT2D eigenvalue weighted by molar-refractivity contribution is 6.02. The van der Waals surface area contributed by atoms with Gasteiger partial charge in [-0.05, 0) is 12.1 Å². The van der Waals surface area contributed by atoms with Crippen LogP contribution in [0, 0.1) is 6.92 Å². The van der Waals surface area contributed by atoms with Crippen molar-refractivity contribution < 1.29 is 9.21 Å². The van der Waals surface area contributed by atoms with E-state index in [1.54, 1.807) is 0 Å². The number of para-hydroxylation sites is 1. The van der Waals surface area contributed by atoms with Crippen molar-refractivity contribution in [3.05, 3.63) is 71.7 Å². The summed E-state index contributed by atoms with van der Waals surface area (Å²) < 4.78 is 5.83. The summed E-state index contributed by atoms with van der Waals surface area (Å²) in [6, 6.07) is 17.2. The summed E-state index contributed by atoms with van der Waals surface area (Å²) >= 11 is 0. The molecule has 2 aromatic carbocycles. The van der Waals surface area contributed by atoms with E-state index in [-0.39, 0.29) is 11.7 Å². The molecule has 0 aliphatic carbocycles. The van der Waals surface area contributed by atoms with Crippen molar-refractivity contribution in [2.75, 3.05) is 11.9 Å². The Hall–Kier alpha value is -2.88. The molecule has 23 heavy (non-hydrogen) atoms. The molecule has 3 aromatic rings. The fraction of sp³-hybridized carbons (Fsp3) is 0.158. The quantitative estimate of drug-likeness (QED) is 0.726. The largest absolute Gasteiger partial charge is 0.441 e. The molecule has 4 heteroatoms. The third kappa shape index (κ3) is 2.32. The van der Waals surface area contributed by atoms with Crippen LogP contribution in [0.25, 0.3) is 11.3 Å². The molecule has 1 unspecified atom stereocenters. The zero-order chi connectivity index (χ0) is 15.8. The first-order chi connectivity index (χ1) is 11.2. The Morgan fingerprint density at radius 3 is 2.70 bits per heavy atom. The zero-order valence-corrected chi connectivity index (χ0v) is 12.7. The van der Waals surface area contributed by atoms with Gasteiger partial charge in [0.25, 0.3) is 0 Å². The Kier molecular flexibility index (Phi) is 3.23. The number of anilines is 1. The minimum absolute atomic E-state index is 0.0560. The van der Waals surface area contributed by atoms with Crippen LogP contribution in [0.4, 0.5) is 5.69 Å². The minimum Gasteiger partial charge on any atom is -0.441 e. The maximum Gasteiger partial charge on any atom is 0.192 e. The highest BCUT2D eigenvalue weighted by atomic mass is 16.4. The SMILES string of the molecule is Cc1nc2c(o1)-c1ccccc1NCC2C(=O)c1ccccc1. The normalized spacial score (nSPS) is 16.0. The highest BCUT2D eigenvalue weighted by Gasteiger charge is 2.32. The second-order valence-corrected chi connectivity index (χ2v) is 5.66. The second-order valence-electron chi connectivity index (χ2n) is 5.66. The van der Waals surface area contributed by atoms with Crippen LogP contribution in [0.1, 0.15) is 27.9 Å². The van der Waals surface area contributed by atoms with Gasteiger partial charge in [-0.1, -0.05) is 42.5 Å². The van der Waals surface area contributed by atoms with Crippen molar-refractivity contribution in [2.45, 2.75) is 12.8 Å². The summed E-state index contributed by atoms with van der Waals surface area (Å²) in [5, 5.41) is 3.36. The van der Waals surface area contributed by atoms with Crippen LogP contribution < -0.4 is 5.32 Å². The van der Waals surface area contributed by atoms with E-state index in [0.29, 0.717) is 29.5 Å². The molecule has 1 aromatic heterocycles. The van der Waals surface area contributed by atoms with Gasteiger partial charge >= 0.3 is 0 Å². The first-order valence-corrected chi connectivity index (χ1v) is 7.64. The summed E-state index contributed by atoms with van der Waals surface area (Å²) in [5.41, 5.74) is 3.32. The van der Waals surface area contributed by atoms with Crippen molar-refractivity contribution in [2.24, 2.45) is 0 Å². The van der Waals surface area contributed by atoms with E-state index in [0.717, 1.165) is 11.3 Å². The molecule has 0 saturated heterocycles. The van der Waals surface area contributed by atoms with Crippen molar-refractivity contribution >= 4 is 11.5 Å². The van der Waals surface area contributed by atoms with Crippen molar-refractivity contribution in [1.29, 1.82) is 0 Å². The number of fused-ring (bicyclic) bond motifs is 3. The molecule has 114 valence electrons. The maximum atomic E-state index is 13.0. The summed E-state index contributed by atoms with van der Waals surface area (Å²) in [6.45, 7) is 2.32. The molecule has 2 heterocycles. The number of nitrogens with one attached hydrogen (secondary N) is 1. The molecule has 0 bridgehead atoms. The van der Waals surface area contributed by atoms with E-state index in [2.05, 4.69) is 10.3 Å². The van der Waals surface area contributed by atoms with Gasteiger partial charge < -0.3 is 9.73 Å². The third-order valence-corrected chi connectivity index (χ3v) is 4.13. The molecule has 0 radical (unpaired) electrons. The Balaban J connectivity index is 1.84. The number of aromatic nitrogens is 1. The molecule has 1 aliphatic heterocycles. The number of carbonyl (C=O) groups is 1. The summed E-state index contributed by atoms with van der Waals surface area (Å²) in [5.74, 6) is 0.965. The predicted molar refractivity (Wildman–Crippen MR) is 88.7 cm³/mol. The topological polar surface area (TPSA) is 55.1 Å². The summed E-state index contributed by atoms with van der Waals surface area (Å²) in [6.07, 6.45) is 0. The molecule has 0 fully saturated rings. The summed E-state index contributed by atoms with van der Waals surface area (Å²) in [7, 11) is 0. The van der Waals surface area contributed by atoms with Gasteiger partial charge in [0.05, 0.1) is 5.92 Å². The van der Waals surface area contributed by atoms with Gasteiger partial charge in [0.2, 0.25) is 0 Å². The van der Waals surface area contributed by atoms with Crippen LogP contribution in [0.15, 0.2) is 59.0 Å². The lowest BCUT2D eigenvalue weighted by Crippen LogP contribution is -2.21. The predicted octanol–water partition coefficient (Wildman–Crippen LogP) is 4.04. The number of ketones is 1. The minimum atomic E-state index is -0.364. The van der Waals surface area contributed by atoms with Crippen molar-refractivity contribution in [1.82, 2.24) is 4.98 Å². The molecule has 0 spiro atoms. The number of nitrogens with zero attached hydrogens (tertiary/aromatic N) is 1. The average molecular weight is 304 g/mol. The molecule has 0 amide bonds. The lowest BCUT2D eigenvalue weighted by atomic mass is 9.93. The molecule has 1 aliphatic rings. The molecule has 4 rings (SSSR count). The fourth-order valence-electron chi connectivity index (χ4n) is 3.04. The number of hydrogen-bond acceptors (Lipinski definition) is 4. The number of rotatable bonds is 2. The number of aryl methyl sites for hydroxylation is 1. The van der Waals surface area contributed by atoms with Gasteiger partial charge in [0.15, 0.2) is 17.4 Å². The Morgan fingerprint density at radius 1 is 1.13 bits per heavy atom. The molecule has 1 atom stereocenters. The van der Waals surface area contributed by atoms with Gasteiger partial charge in [0, 0.05) is 30.3 Å². The lowest BCUT2D eigenvalue weighted by Gasteiger charge is -2.13. The average Bonchev–Trinajstić information content (AvgIpc) is 2.90. The van der Waals surface area contributed by atoms with Crippen LogP contribution >= 0.6 is 0 Å². The molecule has 1 N–H and O–H groups in total. The van der Waals surface area contributed by atoms with Crippen LogP contribution in [0.5, 0.6) is 0 Å². The second kappa shape index (κ2) is 5.39. The fourth-order valence-corrected chi connectivity index (χ4v) is 3.04. The van der Waals surface area contributed by atoms with Crippen molar-refractivity contribution in [3.8, 4) is 11.3 Å². The Bertz CT molecular complexity index is 868. The van der Waals surface area contributed by atoms with E-state index in [9.17, 15) is 4.79 Å². The van der Waals surface area contributed by atoms with Crippen LogP contribution in [-0.4, -0.2) is 17.3 Å². The van der Waals surface area contributed by atoms with Crippen LogP contribution in [0.2, 0.25) is 0 Å². The van der Waals surface area contributed by atoms with E-state index in [1.165, 1.54) is 0 Å². The molecular weight excluding hydrogens is 288 g/mol. The smallest absolute Gasteiger partial charge is 0.192 e. The zero-order valence-electron chi connectivity index (χ0n) is 12.7. The van der Waals surface area contributed by atoms with E-state index < -0.39 is 0 Å². The number of carbonyl (C=O) groups excluding carboxylic acids is 1. The van der Waals surface area contributed by atoms with Gasteiger partial charge in [-0.25, -0.2) is 4.98 Å². The van der Waals surface area contributed by atoms with E-state index in [1.807, 2.05) is 61.5 Å². The van der Waals surface area contributed by atoms with E-state index >= 15 is 0 Å². The van der Waals surface area contributed by atoms with Gasteiger partial charge in [-0.3, -0.25) is 4.79 Å². The lowest BCUT2D eigenvalue weighted by molar-refractivity contribution is 0.0962. The molecular formula is C19H16N2O2.